The monoisotopic (exact) mass is 1620 g/mol. The topological polar surface area (TPSA) is 253 Å². The number of terminal acetylenes is 1. The quantitative estimate of drug-likeness (QED) is 0.0160. The molecule has 1 aromatic heterocycles. The molecule has 0 aliphatic heterocycles. The zero-order valence-electron chi connectivity index (χ0n) is 44.3. The van der Waals surface area contributed by atoms with Crippen molar-refractivity contribution >= 4 is 161 Å². The van der Waals surface area contributed by atoms with Gasteiger partial charge in [0.1, 0.15) is 37.1 Å². The van der Waals surface area contributed by atoms with Gasteiger partial charge in [0, 0.05) is 39.8 Å². The van der Waals surface area contributed by atoms with Crippen LogP contribution in [-0.2, 0) is 37.7 Å². The summed E-state index contributed by atoms with van der Waals surface area (Å²) in [5.41, 5.74) is 3.63. The van der Waals surface area contributed by atoms with Gasteiger partial charge in [-0.2, -0.15) is 8.42 Å². The largest absolute Gasteiger partial charge is 0.506 e. The van der Waals surface area contributed by atoms with Crippen LogP contribution >= 0.6 is 130 Å². The van der Waals surface area contributed by atoms with E-state index in [4.69, 9.17) is 68.4 Å². The molecule has 1 heterocycles. The van der Waals surface area contributed by atoms with Crippen LogP contribution in [0.15, 0.2) is 189 Å². The molecule has 0 spiro atoms. The predicted octanol–water partition coefficient (Wildman–Crippen LogP) is 13.6. The molecule has 16 nitrogen and oxygen atoms in total. The van der Waals surface area contributed by atoms with E-state index in [9.17, 15) is 26.4 Å². The zero-order chi connectivity index (χ0) is 62.1. The fourth-order valence-electron chi connectivity index (χ4n) is 4.35. The molecule has 0 fully saturated rings. The summed E-state index contributed by atoms with van der Waals surface area (Å²) in [6.07, 6.45) is 8.42. The van der Waals surface area contributed by atoms with E-state index in [1.165, 1.54) is 24.3 Å². The second kappa shape index (κ2) is 47.5. The number of ether oxygens (including phenoxy) is 3. The van der Waals surface area contributed by atoms with Crippen LogP contribution in [0.5, 0.6) is 17.2 Å². The number of aromatic nitrogens is 1. The lowest BCUT2D eigenvalue weighted by atomic mass is 10.2. The van der Waals surface area contributed by atoms with Gasteiger partial charge in [0.2, 0.25) is 5.24 Å². The summed E-state index contributed by atoms with van der Waals surface area (Å²) >= 11 is 24.6. The first-order valence-corrected chi connectivity index (χ1v) is 31.6. The van der Waals surface area contributed by atoms with Crippen LogP contribution in [-0.4, -0.2) is 111 Å². The Morgan fingerprint density at radius 2 is 0.951 bits per heavy atom. The molecule has 27 heteroatoms. The van der Waals surface area contributed by atoms with Crippen LogP contribution in [0.2, 0.25) is 0 Å². The second-order valence-corrected chi connectivity index (χ2v) is 24.6. The van der Waals surface area contributed by atoms with Crippen molar-refractivity contribution < 1.29 is 70.4 Å². The van der Waals surface area contributed by atoms with Crippen LogP contribution < -0.4 is 9.47 Å². The van der Waals surface area contributed by atoms with Crippen molar-refractivity contribution in [1.29, 1.82) is 0 Å². The molecule has 0 saturated heterocycles. The van der Waals surface area contributed by atoms with E-state index in [-0.39, 0.29) is 67.6 Å². The first-order chi connectivity index (χ1) is 38.0. The normalized spacial score (nSPS) is 9.74. The summed E-state index contributed by atoms with van der Waals surface area (Å²) in [7, 11) is -2.16. The number of halogens is 9. The highest BCUT2D eigenvalue weighted by atomic mass is 79.9. The van der Waals surface area contributed by atoms with Crippen molar-refractivity contribution in [1.82, 2.24) is 4.98 Å². The zero-order valence-corrected chi connectivity index (χ0v) is 57.8. The number of aryl methyl sites for hydroxylation is 2. The molecule has 0 aliphatic rings. The third-order valence-corrected chi connectivity index (χ3v) is 15.0. The maximum Gasteiger partial charge on any atom is 0.333 e. The van der Waals surface area contributed by atoms with Gasteiger partial charge >= 0.3 is 5.97 Å². The summed E-state index contributed by atoms with van der Waals surface area (Å²) in [4.78, 5) is 25.0. The van der Waals surface area contributed by atoms with Crippen molar-refractivity contribution in [3.8, 4) is 29.6 Å². The minimum atomic E-state index is -3.70. The predicted molar refractivity (Wildman–Crippen MR) is 346 cm³/mol. The summed E-state index contributed by atoms with van der Waals surface area (Å²) < 4.78 is 69.2. The molecular weight excluding hydrogens is 1560 g/mol. The number of hydrogen-bond donors (Lipinski definition) is 5. The van der Waals surface area contributed by atoms with Gasteiger partial charge in [-0.15, -0.1) is 18.8 Å². The molecule has 450 valence electrons. The molecule has 0 unspecified atom stereocenters. The lowest BCUT2D eigenvalue weighted by molar-refractivity contribution is -0.139. The Kier molecular flexibility index (Phi) is 47.8. The number of para-hydroxylation sites is 3. The summed E-state index contributed by atoms with van der Waals surface area (Å²) in [6.45, 7) is 13.7. The molecule has 0 aliphatic carbocycles. The number of phenolic OH excluding ortho intramolecular Hbond substituents is 1. The van der Waals surface area contributed by atoms with E-state index >= 15 is 0 Å². The van der Waals surface area contributed by atoms with Gasteiger partial charge in [-0.3, -0.25) is 14.0 Å². The van der Waals surface area contributed by atoms with Crippen molar-refractivity contribution in [2.24, 2.45) is 0 Å². The number of benzene rings is 5. The molecule has 6 rings (SSSR count). The van der Waals surface area contributed by atoms with E-state index in [0.29, 0.717) is 39.1 Å². The number of aromatic hydroxyl groups is 1. The van der Waals surface area contributed by atoms with Gasteiger partial charge in [-0.1, -0.05) is 72.7 Å². The fraction of sp³-hybridized carbons (Fsp3) is 0.218. The highest BCUT2D eigenvalue weighted by molar-refractivity contribution is 9.12. The van der Waals surface area contributed by atoms with Gasteiger partial charge in [-0.25, -0.2) is 13.2 Å². The van der Waals surface area contributed by atoms with Gasteiger partial charge in [0.25, 0.3) is 19.2 Å². The lowest BCUT2D eigenvalue weighted by Crippen LogP contribution is -2.12. The summed E-state index contributed by atoms with van der Waals surface area (Å²) in [6, 6.07) is 33.0. The van der Waals surface area contributed by atoms with Gasteiger partial charge in [0.05, 0.1) is 69.7 Å². The number of carbonyl (C=O) groups is 2. The number of rotatable bonds is 15. The van der Waals surface area contributed by atoms with Crippen molar-refractivity contribution in [3.63, 3.8) is 0 Å². The Labute approximate surface area is 546 Å². The number of aliphatic hydroxyl groups excluding tert-OH is 4. The molecule has 0 bridgehead atoms. The number of hydrogen-bond acceptors (Lipinski definition) is 16. The molecule has 5 aromatic carbocycles. The molecule has 0 amide bonds. The number of phenols is 1. The number of pyridine rings is 1. The number of carbonyl (C=O) groups excluding carboxylic acids is 2. The van der Waals surface area contributed by atoms with Crippen LogP contribution in [0.3, 0.4) is 0 Å². The average molecular weight is 1620 g/mol. The molecule has 6 aromatic rings. The third kappa shape index (κ3) is 39.0. The van der Waals surface area contributed by atoms with E-state index in [1.807, 2.05) is 56.3 Å². The summed E-state index contributed by atoms with van der Waals surface area (Å²) in [5.74, 6) is 3.75. The highest BCUT2D eigenvalue weighted by Crippen LogP contribution is 2.34. The number of aliphatic hydroxyl groups is 4. The lowest BCUT2D eigenvalue weighted by Gasteiger charge is -2.10. The van der Waals surface area contributed by atoms with Gasteiger partial charge in [0.15, 0.2) is 0 Å². The third-order valence-electron chi connectivity index (χ3n) is 8.25. The molecule has 5 N–H and O–H groups in total. The molecule has 0 saturated carbocycles. The Balaban J connectivity index is -0.000000892. The van der Waals surface area contributed by atoms with Gasteiger partial charge in [-0.05, 0) is 208 Å². The fourth-order valence-corrected chi connectivity index (χ4v) is 9.47. The maximum atomic E-state index is 11.4. The smallest absolute Gasteiger partial charge is 0.333 e. The van der Waals surface area contributed by atoms with Gasteiger partial charge < -0.3 is 39.7 Å². The SMILES string of the molecule is C#Cc1ccncc1.C=C(C)C(=O)Cl.C=C(C)C(=O)OCCOc1c(Br)cccc1Br.Cc1ccc(S(=O)(=O)Cl)cc1.Cc1ccc(S(=O)(=O)OCCO)cc1.Cl.OCCO.OCCOc1c(Br)cccc1Br.Oc1c(Br)cccc1Br. The number of esters is 1. The van der Waals surface area contributed by atoms with Crippen LogP contribution in [0.4, 0.5) is 0 Å². The second-order valence-electron chi connectivity index (χ2n) is 15.0. The minimum Gasteiger partial charge on any atom is -0.506 e. The standard InChI is InChI=1S/C12H12Br2O3.C9H12O4S.C8H8Br2O2.C7H7ClO2S.C7H5N.C6H4Br2O.C4H5ClO.C2H6O2.ClH/c1-8(2)12(15)17-7-6-16-11-9(13)4-3-5-10(11)14;1-8-2-4-9(5-3-8)14(11,12)13-7-6-10;9-6-2-1-3-7(10)8(6)12-5-4-11;1-6-2-4-7(5-3-6)11(8,9)10;1-2-7-3-5-8-6-4-7;7-4-2-1-3-5(8)6(4)9;1-3(2)4(5)6;3-1-2-4;/h3-5H,1,6-7H2,2H3;2-5,10H,6-7H2,1H3;1-3,11H,4-5H2;2-5H,1H3;1,3-6H;1-3,9H;1H2,2H3;3-4H,1-2H2;1H. The van der Waals surface area contributed by atoms with E-state index in [0.717, 1.165) is 40.3 Å². The number of allylic oxidation sites excluding steroid dienone is 1. The van der Waals surface area contributed by atoms with Crippen molar-refractivity contribution in [2.75, 3.05) is 52.9 Å². The van der Waals surface area contributed by atoms with Crippen LogP contribution in [0.25, 0.3) is 0 Å². The van der Waals surface area contributed by atoms with E-state index in [1.54, 1.807) is 74.8 Å². The molecular formula is C55H60Br6Cl3NO15S2. The summed E-state index contributed by atoms with van der Waals surface area (Å²) in [5, 5.41) is 40.9. The van der Waals surface area contributed by atoms with Crippen molar-refractivity contribution in [2.45, 2.75) is 37.5 Å². The van der Waals surface area contributed by atoms with Crippen LogP contribution in [0.1, 0.15) is 30.5 Å². The molecule has 0 atom stereocenters. The minimum absolute atomic E-state index is 0. The van der Waals surface area contributed by atoms with Crippen molar-refractivity contribution in [3.05, 3.63) is 195 Å². The Hall–Kier alpha value is -3.72. The Bertz CT molecular complexity index is 3030. The Morgan fingerprint density at radius 3 is 1.26 bits per heavy atom. The first-order valence-electron chi connectivity index (χ1n) is 22.8. The molecule has 0 radical (unpaired) electrons. The highest BCUT2D eigenvalue weighted by Gasteiger charge is 2.14. The van der Waals surface area contributed by atoms with Crippen LogP contribution in [0, 0.1) is 26.2 Å². The number of nitrogens with zero attached hydrogens (tertiary/aromatic N) is 1. The van der Waals surface area contributed by atoms with E-state index in [2.05, 4.69) is 124 Å². The Morgan fingerprint density at radius 1 is 0.585 bits per heavy atom. The first kappa shape index (κ1) is 82.5. The van der Waals surface area contributed by atoms with E-state index < -0.39 is 30.4 Å². The molecule has 82 heavy (non-hydrogen) atoms. The average Bonchev–Trinajstić information content (AvgIpc) is 3.51. The maximum absolute atomic E-state index is 11.4.